The molecule has 1 aliphatic rings. The highest BCUT2D eigenvalue weighted by Crippen LogP contribution is 2.35. The maximum Gasteiger partial charge on any atom is 0.312 e. The van der Waals surface area contributed by atoms with Crippen molar-refractivity contribution in [1.29, 1.82) is 0 Å². The summed E-state index contributed by atoms with van der Waals surface area (Å²) in [4.78, 5) is 26.3. The maximum absolute atomic E-state index is 13.0. The number of primary amides is 1. The summed E-state index contributed by atoms with van der Waals surface area (Å²) < 4.78 is 0. The van der Waals surface area contributed by atoms with E-state index in [0.717, 1.165) is 16.7 Å². The van der Waals surface area contributed by atoms with Gasteiger partial charge in [0.1, 0.15) is 0 Å². The Bertz CT molecular complexity index is 840. The van der Waals surface area contributed by atoms with Gasteiger partial charge in [-0.2, -0.15) is 0 Å². The topological polar surface area (TPSA) is 95.7 Å². The van der Waals surface area contributed by atoms with Crippen molar-refractivity contribution in [2.45, 2.75) is 31.2 Å². The van der Waals surface area contributed by atoms with Gasteiger partial charge in [-0.1, -0.05) is 54.6 Å². The van der Waals surface area contributed by atoms with Crippen LogP contribution in [-0.4, -0.2) is 41.6 Å². The number of aryl methyl sites for hydroxylation is 1. The Labute approximate surface area is 165 Å². The minimum atomic E-state index is -0.656. The van der Waals surface area contributed by atoms with E-state index in [1.54, 1.807) is 4.90 Å². The molecule has 148 valence electrons. The van der Waals surface area contributed by atoms with Crippen molar-refractivity contribution < 1.29 is 14.7 Å². The summed E-state index contributed by atoms with van der Waals surface area (Å²) in [5, 5.41) is 12.8. The van der Waals surface area contributed by atoms with Crippen LogP contribution in [0, 0.1) is 6.92 Å². The molecule has 1 heterocycles. The van der Waals surface area contributed by atoms with Crippen LogP contribution in [-0.2, 0) is 10.2 Å². The van der Waals surface area contributed by atoms with E-state index in [1.165, 1.54) is 0 Å². The quantitative estimate of drug-likeness (QED) is 0.716. The Morgan fingerprint density at radius 1 is 1.18 bits per heavy atom. The molecule has 1 saturated heterocycles. The van der Waals surface area contributed by atoms with E-state index in [2.05, 4.69) is 5.32 Å². The molecule has 6 heteroatoms. The Morgan fingerprint density at radius 2 is 1.86 bits per heavy atom. The molecular formula is C22H27N3O3. The highest BCUT2D eigenvalue weighted by atomic mass is 16.3. The Kier molecular flexibility index (Phi) is 5.99. The van der Waals surface area contributed by atoms with Crippen LogP contribution in [0.15, 0.2) is 54.6 Å². The van der Waals surface area contributed by atoms with Crippen molar-refractivity contribution >= 4 is 11.9 Å². The predicted molar refractivity (Wildman–Crippen MR) is 108 cm³/mol. The smallest absolute Gasteiger partial charge is 0.312 e. The number of nitrogens with zero attached hydrogens (tertiary/aromatic N) is 1. The van der Waals surface area contributed by atoms with Gasteiger partial charge in [0.05, 0.1) is 19.1 Å². The van der Waals surface area contributed by atoms with E-state index in [4.69, 9.17) is 5.73 Å². The second-order valence-corrected chi connectivity index (χ2v) is 7.49. The Balaban J connectivity index is 1.76. The number of aliphatic hydroxyl groups is 1. The van der Waals surface area contributed by atoms with Gasteiger partial charge >= 0.3 is 6.03 Å². The third kappa shape index (κ3) is 4.17. The number of nitrogens with two attached hydrogens (primary N) is 1. The van der Waals surface area contributed by atoms with Gasteiger partial charge in [-0.25, -0.2) is 4.79 Å². The van der Waals surface area contributed by atoms with Gasteiger partial charge in [-0.05, 0) is 30.0 Å². The first-order valence-electron chi connectivity index (χ1n) is 9.51. The van der Waals surface area contributed by atoms with Crippen LogP contribution >= 0.6 is 0 Å². The van der Waals surface area contributed by atoms with Crippen LogP contribution in [0.5, 0.6) is 0 Å². The standard InChI is InChI=1S/C22H27N3O3/c1-16-7-5-6-10-18(16)19(24-21(23)28)13-20(27)25-12-11-22(14-25,15-26)17-8-3-2-4-9-17/h2-10,19,26H,11-15H2,1H3,(H3,23,24,28). The number of aliphatic hydroxyl groups excluding tert-OH is 1. The molecule has 0 aliphatic carbocycles. The van der Waals surface area contributed by atoms with E-state index in [1.807, 2.05) is 61.5 Å². The molecule has 1 aliphatic heterocycles. The lowest BCUT2D eigenvalue weighted by Gasteiger charge is -2.28. The first-order chi connectivity index (χ1) is 13.4. The van der Waals surface area contributed by atoms with Crippen LogP contribution in [0.25, 0.3) is 0 Å². The molecular weight excluding hydrogens is 354 g/mol. The molecule has 3 amide bonds. The number of carbonyl (C=O) groups is 2. The number of nitrogens with one attached hydrogen (secondary N) is 1. The highest BCUT2D eigenvalue weighted by molar-refractivity contribution is 5.79. The number of benzene rings is 2. The van der Waals surface area contributed by atoms with Crippen molar-refractivity contribution in [3.8, 4) is 0 Å². The third-order valence-electron chi connectivity index (χ3n) is 5.65. The van der Waals surface area contributed by atoms with Crippen LogP contribution in [0.2, 0.25) is 0 Å². The molecule has 0 saturated carbocycles. The van der Waals surface area contributed by atoms with E-state index in [0.29, 0.717) is 19.5 Å². The SMILES string of the molecule is Cc1ccccc1C(CC(=O)N1CCC(CO)(c2ccccc2)C1)NC(N)=O. The van der Waals surface area contributed by atoms with Crippen LogP contribution in [0.3, 0.4) is 0 Å². The van der Waals surface area contributed by atoms with Gasteiger partial charge in [0.25, 0.3) is 0 Å². The zero-order valence-corrected chi connectivity index (χ0v) is 16.1. The van der Waals surface area contributed by atoms with Gasteiger partial charge in [0, 0.05) is 18.5 Å². The minimum Gasteiger partial charge on any atom is -0.395 e. The molecule has 0 aromatic heterocycles. The molecule has 28 heavy (non-hydrogen) atoms. The number of urea groups is 1. The lowest BCUT2D eigenvalue weighted by atomic mass is 9.80. The van der Waals surface area contributed by atoms with E-state index < -0.39 is 17.5 Å². The number of amides is 3. The zero-order valence-electron chi connectivity index (χ0n) is 16.1. The number of likely N-dealkylation sites (tertiary alicyclic amines) is 1. The first-order valence-corrected chi connectivity index (χ1v) is 9.51. The zero-order chi connectivity index (χ0) is 20.1. The van der Waals surface area contributed by atoms with Crippen LogP contribution in [0.1, 0.15) is 35.6 Å². The minimum absolute atomic E-state index is 0.0123. The van der Waals surface area contributed by atoms with Gasteiger partial charge < -0.3 is 21.1 Å². The van der Waals surface area contributed by atoms with Gasteiger partial charge in [0.2, 0.25) is 5.91 Å². The first kappa shape index (κ1) is 19.9. The molecule has 2 unspecified atom stereocenters. The summed E-state index contributed by atoms with van der Waals surface area (Å²) >= 11 is 0. The van der Waals surface area contributed by atoms with Crippen LogP contribution in [0.4, 0.5) is 4.79 Å². The Hall–Kier alpha value is -2.86. The Morgan fingerprint density at radius 3 is 2.50 bits per heavy atom. The fraction of sp³-hybridized carbons (Fsp3) is 0.364. The van der Waals surface area contributed by atoms with Gasteiger partial charge in [-0.3, -0.25) is 4.79 Å². The molecule has 2 aromatic carbocycles. The highest BCUT2D eigenvalue weighted by Gasteiger charge is 2.41. The summed E-state index contributed by atoms with van der Waals surface area (Å²) in [6.45, 7) is 2.97. The summed E-state index contributed by atoms with van der Waals surface area (Å²) in [5.74, 6) is -0.0618. The van der Waals surface area contributed by atoms with E-state index >= 15 is 0 Å². The third-order valence-corrected chi connectivity index (χ3v) is 5.65. The lowest BCUT2D eigenvalue weighted by Crippen LogP contribution is -2.40. The lowest BCUT2D eigenvalue weighted by molar-refractivity contribution is -0.130. The van der Waals surface area contributed by atoms with Crippen molar-refractivity contribution in [1.82, 2.24) is 10.2 Å². The molecule has 4 N–H and O–H groups in total. The molecule has 0 radical (unpaired) electrons. The molecule has 6 nitrogen and oxygen atoms in total. The second kappa shape index (κ2) is 8.44. The van der Waals surface area contributed by atoms with Gasteiger partial charge in [-0.15, -0.1) is 0 Å². The second-order valence-electron chi connectivity index (χ2n) is 7.49. The maximum atomic E-state index is 13.0. The normalized spacial score (nSPS) is 20.0. The number of carbonyl (C=O) groups excluding carboxylic acids is 2. The van der Waals surface area contributed by atoms with Crippen molar-refractivity contribution in [2.24, 2.45) is 5.73 Å². The van der Waals surface area contributed by atoms with E-state index in [9.17, 15) is 14.7 Å². The average molecular weight is 381 g/mol. The number of hydrogen-bond acceptors (Lipinski definition) is 3. The molecule has 1 fully saturated rings. The summed E-state index contributed by atoms with van der Waals surface area (Å²) in [5.41, 5.74) is 7.81. The molecule has 0 spiro atoms. The van der Waals surface area contributed by atoms with Crippen LogP contribution < -0.4 is 11.1 Å². The molecule has 2 atom stereocenters. The van der Waals surface area contributed by atoms with Crippen molar-refractivity contribution in [3.63, 3.8) is 0 Å². The van der Waals surface area contributed by atoms with Crippen molar-refractivity contribution in [2.75, 3.05) is 19.7 Å². The largest absolute Gasteiger partial charge is 0.395 e. The van der Waals surface area contributed by atoms with Crippen molar-refractivity contribution in [3.05, 3.63) is 71.3 Å². The summed E-state index contributed by atoms with van der Waals surface area (Å²) in [6.07, 6.45) is 0.835. The van der Waals surface area contributed by atoms with Gasteiger partial charge in [0.15, 0.2) is 0 Å². The number of rotatable bonds is 6. The monoisotopic (exact) mass is 381 g/mol. The number of hydrogen-bond donors (Lipinski definition) is 3. The van der Waals surface area contributed by atoms with E-state index in [-0.39, 0.29) is 18.9 Å². The fourth-order valence-corrected chi connectivity index (χ4v) is 4.02. The fourth-order valence-electron chi connectivity index (χ4n) is 4.02. The summed E-state index contributed by atoms with van der Waals surface area (Å²) in [6, 6.07) is 16.3. The molecule has 0 bridgehead atoms. The molecule has 2 aromatic rings. The average Bonchev–Trinajstić information content (AvgIpc) is 3.14. The predicted octanol–water partition coefficient (Wildman–Crippen LogP) is 2.26. The molecule has 3 rings (SSSR count). The summed E-state index contributed by atoms with van der Waals surface area (Å²) in [7, 11) is 0.